The van der Waals surface area contributed by atoms with Gasteiger partial charge in [-0.3, -0.25) is 4.18 Å². The monoisotopic (exact) mass is 244 g/mol. The van der Waals surface area contributed by atoms with Crippen molar-refractivity contribution in [1.29, 1.82) is 0 Å². The lowest BCUT2D eigenvalue weighted by atomic mass is 10.2. The fraction of sp³-hybridized carbons (Fsp3) is 0.200. The van der Waals surface area contributed by atoms with Crippen molar-refractivity contribution in [1.82, 2.24) is 0 Å². The molecular formula is C10H9ClO3S. The third-order valence-corrected chi connectivity index (χ3v) is 2.18. The van der Waals surface area contributed by atoms with Gasteiger partial charge in [-0.1, -0.05) is 29.5 Å². The van der Waals surface area contributed by atoms with Crippen LogP contribution in [0.4, 0.5) is 0 Å². The molecule has 3 nitrogen and oxygen atoms in total. The van der Waals surface area contributed by atoms with Crippen LogP contribution >= 0.6 is 11.6 Å². The van der Waals surface area contributed by atoms with Gasteiger partial charge in [0, 0.05) is 10.6 Å². The number of hydrogen-bond acceptors (Lipinski definition) is 3. The van der Waals surface area contributed by atoms with E-state index in [1.165, 1.54) is 0 Å². The van der Waals surface area contributed by atoms with Gasteiger partial charge in [-0.25, -0.2) is 0 Å². The third kappa shape index (κ3) is 5.43. The van der Waals surface area contributed by atoms with Crippen LogP contribution in [0, 0.1) is 11.8 Å². The predicted molar refractivity (Wildman–Crippen MR) is 59.1 cm³/mol. The molecule has 0 unspecified atom stereocenters. The molecule has 15 heavy (non-hydrogen) atoms. The van der Waals surface area contributed by atoms with Crippen molar-refractivity contribution in [3.63, 3.8) is 0 Å². The van der Waals surface area contributed by atoms with Crippen molar-refractivity contribution in [2.75, 3.05) is 12.9 Å². The molecule has 0 N–H and O–H groups in total. The SMILES string of the molecule is CS(=O)(=O)OCC#Cc1cccc(Cl)c1. The zero-order chi connectivity index (χ0) is 11.3. The summed E-state index contributed by atoms with van der Waals surface area (Å²) in [4.78, 5) is 0. The molecule has 80 valence electrons. The first-order chi connectivity index (χ1) is 6.97. The maximum atomic E-state index is 10.6. The Bertz CT molecular complexity index is 497. The highest BCUT2D eigenvalue weighted by molar-refractivity contribution is 7.85. The van der Waals surface area contributed by atoms with Gasteiger partial charge in [0.2, 0.25) is 0 Å². The third-order valence-electron chi connectivity index (χ3n) is 1.40. The molecule has 0 aliphatic rings. The molecule has 0 aromatic heterocycles. The molecule has 0 bridgehead atoms. The van der Waals surface area contributed by atoms with Crippen LogP contribution in [-0.4, -0.2) is 21.3 Å². The predicted octanol–water partition coefficient (Wildman–Crippen LogP) is 1.67. The molecule has 0 saturated heterocycles. The van der Waals surface area contributed by atoms with Crippen LogP contribution in [0.2, 0.25) is 5.02 Å². The van der Waals surface area contributed by atoms with Crippen LogP contribution in [-0.2, 0) is 14.3 Å². The van der Waals surface area contributed by atoms with Crippen molar-refractivity contribution < 1.29 is 12.6 Å². The lowest BCUT2D eigenvalue weighted by Gasteiger charge is -1.93. The summed E-state index contributed by atoms with van der Waals surface area (Å²) < 4.78 is 25.6. The quantitative estimate of drug-likeness (QED) is 0.587. The summed E-state index contributed by atoms with van der Waals surface area (Å²) in [6, 6.07) is 6.97. The Hall–Kier alpha value is -1.02. The van der Waals surface area contributed by atoms with Crippen LogP contribution in [0.1, 0.15) is 5.56 Å². The average molecular weight is 245 g/mol. The summed E-state index contributed by atoms with van der Waals surface area (Å²) in [5.74, 6) is 5.31. The van der Waals surface area contributed by atoms with Crippen LogP contribution in [0.5, 0.6) is 0 Å². The Balaban J connectivity index is 2.59. The minimum atomic E-state index is -3.42. The van der Waals surface area contributed by atoms with E-state index >= 15 is 0 Å². The maximum absolute atomic E-state index is 10.6. The normalized spacial score (nSPS) is 10.5. The molecule has 1 aromatic rings. The molecule has 0 radical (unpaired) electrons. The van der Waals surface area contributed by atoms with Gasteiger partial charge in [-0.05, 0) is 18.2 Å². The minimum absolute atomic E-state index is 0.147. The lowest BCUT2D eigenvalue weighted by molar-refractivity contribution is 0.368. The van der Waals surface area contributed by atoms with E-state index < -0.39 is 10.1 Å². The van der Waals surface area contributed by atoms with Crippen LogP contribution in [0.15, 0.2) is 24.3 Å². The Kier molecular flexibility index (Phi) is 4.15. The first kappa shape index (κ1) is 12.1. The van der Waals surface area contributed by atoms with Gasteiger partial charge in [0.15, 0.2) is 0 Å². The molecule has 0 saturated carbocycles. The highest BCUT2D eigenvalue weighted by Crippen LogP contribution is 2.09. The van der Waals surface area contributed by atoms with E-state index in [0.717, 1.165) is 11.8 Å². The van der Waals surface area contributed by atoms with Crippen molar-refractivity contribution in [3.8, 4) is 11.8 Å². The Labute approximate surface area is 94.1 Å². The molecule has 0 spiro atoms. The number of hydrogen-bond donors (Lipinski definition) is 0. The van der Waals surface area contributed by atoms with E-state index in [1.807, 2.05) is 0 Å². The summed E-state index contributed by atoms with van der Waals surface area (Å²) >= 11 is 5.74. The molecule has 5 heteroatoms. The highest BCUT2D eigenvalue weighted by atomic mass is 35.5. The van der Waals surface area contributed by atoms with Gasteiger partial charge in [0.1, 0.15) is 6.61 Å². The molecular weight excluding hydrogens is 236 g/mol. The van der Waals surface area contributed by atoms with Crippen molar-refractivity contribution >= 4 is 21.7 Å². The van der Waals surface area contributed by atoms with Crippen molar-refractivity contribution in [2.24, 2.45) is 0 Å². The number of benzene rings is 1. The fourth-order valence-corrected chi connectivity index (χ4v) is 1.30. The van der Waals surface area contributed by atoms with Gasteiger partial charge < -0.3 is 0 Å². The maximum Gasteiger partial charge on any atom is 0.265 e. The summed E-state index contributed by atoms with van der Waals surface area (Å²) in [6.45, 7) is -0.147. The average Bonchev–Trinajstić information content (AvgIpc) is 2.11. The van der Waals surface area contributed by atoms with Gasteiger partial charge in [-0.15, -0.1) is 0 Å². The largest absolute Gasteiger partial charge is 0.265 e. The number of halogens is 1. The first-order valence-corrected chi connectivity index (χ1v) is 6.26. The van der Waals surface area contributed by atoms with E-state index in [4.69, 9.17) is 11.6 Å². The first-order valence-electron chi connectivity index (χ1n) is 4.06. The van der Waals surface area contributed by atoms with Crippen LogP contribution < -0.4 is 0 Å². The van der Waals surface area contributed by atoms with Crippen molar-refractivity contribution in [2.45, 2.75) is 0 Å². The zero-order valence-electron chi connectivity index (χ0n) is 8.03. The summed E-state index contributed by atoms with van der Waals surface area (Å²) in [7, 11) is -3.42. The fourth-order valence-electron chi connectivity index (χ4n) is 0.841. The molecule has 0 atom stereocenters. The summed E-state index contributed by atoms with van der Waals surface area (Å²) in [6.07, 6.45) is 0.980. The van der Waals surface area contributed by atoms with E-state index in [0.29, 0.717) is 5.02 Å². The molecule has 0 amide bonds. The van der Waals surface area contributed by atoms with E-state index in [9.17, 15) is 8.42 Å². The Morgan fingerprint density at radius 3 is 2.80 bits per heavy atom. The second kappa shape index (κ2) is 5.17. The van der Waals surface area contributed by atoms with Gasteiger partial charge in [0.05, 0.1) is 6.26 Å². The lowest BCUT2D eigenvalue weighted by Crippen LogP contribution is -2.02. The standard InChI is InChI=1S/C10H9ClO3S/c1-15(12,13)14-7-3-5-9-4-2-6-10(11)8-9/h2,4,6,8H,7H2,1H3. The van der Waals surface area contributed by atoms with Gasteiger partial charge in [0.25, 0.3) is 10.1 Å². The van der Waals surface area contributed by atoms with Crippen molar-refractivity contribution in [3.05, 3.63) is 34.9 Å². The van der Waals surface area contributed by atoms with E-state index in [-0.39, 0.29) is 6.61 Å². The number of rotatable bonds is 2. The molecule has 1 aromatic carbocycles. The van der Waals surface area contributed by atoms with Gasteiger partial charge >= 0.3 is 0 Å². The highest BCUT2D eigenvalue weighted by Gasteiger charge is 1.97. The molecule has 1 rings (SSSR count). The van der Waals surface area contributed by atoms with Gasteiger partial charge in [-0.2, -0.15) is 8.42 Å². The molecule has 0 aliphatic heterocycles. The second-order valence-electron chi connectivity index (χ2n) is 2.78. The summed E-state index contributed by atoms with van der Waals surface area (Å²) in [5.41, 5.74) is 0.722. The molecule has 0 heterocycles. The molecule has 0 fully saturated rings. The Morgan fingerprint density at radius 1 is 1.47 bits per heavy atom. The second-order valence-corrected chi connectivity index (χ2v) is 4.86. The van der Waals surface area contributed by atoms with Crippen LogP contribution in [0.25, 0.3) is 0 Å². The van der Waals surface area contributed by atoms with E-state index in [1.54, 1.807) is 24.3 Å². The molecule has 0 aliphatic carbocycles. The minimum Gasteiger partial charge on any atom is -0.257 e. The topological polar surface area (TPSA) is 43.4 Å². The summed E-state index contributed by atoms with van der Waals surface area (Å²) in [5, 5.41) is 0.589. The van der Waals surface area contributed by atoms with E-state index in [2.05, 4.69) is 16.0 Å². The smallest absolute Gasteiger partial charge is 0.257 e. The Morgan fingerprint density at radius 2 is 2.20 bits per heavy atom. The van der Waals surface area contributed by atoms with Crippen LogP contribution in [0.3, 0.4) is 0 Å². The zero-order valence-corrected chi connectivity index (χ0v) is 9.60.